The Hall–Kier alpha value is -0.120. The Morgan fingerprint density at radius 2 is 1.50 bits per heavy atom. The zero-order valence-electron chi connectivity index (χ0n) is 13.1. The smallest absolute Gasteiger partial charge is 0.0276 e. The molecule has 0 saturated carbocycles. The zero-order valence-corrected chi connectivity index (χ0v) is 13.1. The molecule has 1 heterocycles. The van der Waals surface area contributed by atoms with E-state index >= 15 is 0 Å². The molecule has 0 aromatic heterocycles. The van der Waals surface area contributed by atoms with E-state index in [2.05, 4.69) is 44.4 Å². The first-order valence-corrected chi connectivity index (χ1v) is 7.42. The van der Waals surface area contributed by atoms with Crippen molar-refractivity contribution >= 4 is 0 Å². The summed E-state index contributed by atoms with van der Waals surface area (Å²) in [5.41, 5.74) is 6.48. The molecule has 0 aromatic carbocycles. The molecule has 0 aliphatic carbocycles. The molecule has 0 spiro atoms. The Labute approximate surface area is 114 Å². The number of rotatable bonds is 5. The van der Waals surface area contributed by atoms with Crippen LogP contribution in [-0.2, 0) is 0 Å². The van der Waals surface area contributed by atoms with Gasteiger partial charge >= 0.3 is 0 Å². The minimum atomic E-state index is 0.164. The van der Waals surface area contributed by atoms with Crippen LogP contribution in [0.25, 0.3) is 0 Å². The van der Waals surface area contributed by atoms with Crippen LogP contribution in [0.2, 0.25) is 0 Å². The van der Waals surface area contributed by atoms with E-state index < -0.39 is 0 Å². The number of piperazine rings is 1. The van der Waals surface area contributed by atoms with E-state index in [4.69, 9.17) is 5.73 Å². The van der Waals surface area contributed by atoms with Crippen LogP contribution in [0.5, 0.6) is 0 Å². The first-order valence-electron chi connectivity index (χ1n) is 7.42. The van der Waals surface area contributed by atoms with Gasteiger partial charge in [0.2, 0.25) is 0 Å². The number of hydrogen-bond acceptors (Lipinski definition) is 3. The fraction of sp³-hybridized carbons (Fsp3) is 1.00. The molecule has 1 aliphatic heterocycles. The summed E-state index contributed by atoms with van der Waals surface area (Å²) in [5, 5.41) is 0. The van der Waals surface area contributed by atoms with Gasteiger partial charge in [-0.05, 0) is 38.6 Å². The van der Waals surface area contributed by atoms with Crippen molar-refractivity contribution in [2.75, 3.05) is 39.3 Å². The Bertz CT molecular complexity index is 235. The highest BCUT2D eigenvalue weighted by atomic mass is 15.3. The topological polar surface area (TPSA) is 32.5 Å². The minimum Gasteiger partial charge on any atom is -0.329 e. The Morgan fingerprint density at radius 1 is 0.944 bits per heavy atom. The molecule has 3 nitrogen and oxygen atoms in total. The van der Waals surface area contributed by atoms with Crippen molar-refractivity contribution in [3.05, 3.63) is 0 Å². The molecular weight excluding hydrogens is 222 g/mol. The van der Waals surface area contributed by atoms with Gasteiger partial charge in [-0.25, -0.2) is 0 Å². The van der Waals surface area contributed by atoms with Crippen LogP contribution in [0.4, 0.5) is 0 Å². The summed E-state index contributed by atoms with van der Waals surface area (Å²) < 4.78 is 0. The highest BCUT2D eigenvalue weighted by Gasteiger charge is 2.28. The van der Waals surface area contributed by atoms with Gasteiger partial charge in [-0.15, -0.1) is 0 Å². The molecule has 1 fully saturated rings. The van der Waals surface area contributed by atoms with Gasteiger partial charge in [0.15, 0.2) is 0 Å². The largest absolute Gasteiger partial charge is 0.329 e. The van der Waals surface area contributed by atoms with Gasteiger partial charge < -0.3 is 10.6 Å². The second-order valence-corrected chi connectivity index (χ2v) is 7.51. The van der Waals surface area contributed by atoms with Crippen LogP contribution in [0, 0.1) is 5.41 Å². The maximum Gasteiger partial charge on any atom is 0.0276 e. The molecule has 18 heavy (non-hydrogen) atoms. The number of hydrogen-bond donors (Lipinski definition) is 1. The van der Waals surface area contributed by atoms with Crippen LogP contribution >= 0.6 is 0 Å². The fourth-order valence-corrected chi connectivity index (χ4v) is 2.54. The summed E-state index contributed by atoms with van der Waals surface area (Å²) in [4.78, 5) is 5.14. The molecule has 0 unspecified atom stereocenters. The van der Waals surface area contributed by atoms with Gasteiger partial charge in [0, 0.05) is 38.3 Å². The highest BCUT2D eigenvalue weighted by Crippen LogP contribution is 2.21. The third kappa shape index (κ3) is 5.25. The van der Waals surface area contributed by atoms with E-state index in [-0.39, 0.29) is 5.54 Å². The highest BCUT2D eigenvalue weighted by molar-refractivity contribution is 4.86. The van der Waals surface area contributed by atoms with Gasteiger partial charge in [-0.3, -0.25) is 4.90 Å². The average Bonchev–Trinajstić information content (AvgIpc) is 2.28. The molecule has 0 bridgehead atoms. The van der Waals surface area contributed by atoms with Gasteiger partial charge in [-0.2, -0.15) is 0 Å². The maximum atomic E-state index is 5.84. The Balaban J connectivity index is 2.24. The molecule has 0 aromatic rings. The van der Waals surface area contributed by atoms with Crippen molar-refractivity contribution in [1.29, 1.82) is 0 Å². The van der Waals surface area contributed by atoms with Crippen molar-refractivity contribution < 1.29 is 0 Å². The molecule has 0 atom stereocenters. The van der Waals surface area contributed by atoms with E-state index in [1.54, 1.807) is 0 Å². The Morgan fingerprint density at radius 3 is 1.94 bits per heavy atom. The summed E-state index contributed by atoms with van der Waals surface area (Å²) in [7, 11) is 0. The first-order chi connectivity index (χ1) is 8.24. The van der Waals surface area contributed by atoms with Gasteiger partial charge in [0.1, 0.15) is 0 Å². The molecule has 0 amide bonds. The molecule has 1 rings (SSSR count). The number of nitrogens with zero attached hydrogens (tertiary/aromatic N) is 2. The van der Waals surface area contributed by atoms with E-state index in [0.717, 1.165) is 6.54 Å². The normalized spacial score (nSPS) is 20.3. The van der Waals surface area contributed by atoms with E-state index in [1.807, 2.05) is 0 Å². The quantitative estimate of drug-likeness (QED) is 0.817. The molecular formula is C15H33N3. The lowest BCUT2D eigenvalue weighted by molar-refractivity contribution is 0.0552. The van der Waals surface area contributed by atoms with Crippen molar-refractivity contribution in [1.82, 2.24) is 9.80 Å². The second-order valence-electron chi connectivity index (χ2n) is 7.51. The first kappa shape index (κ1) is 15.9. The third-order valence-electron chi connectivity index (χ3n) is 4.13. The van der Waals surface area contributed by atoms with Crippen LogP contribution in [-0.4, -0.2) is 54.6 Å². The summed E-state index contributed by atoms with van der Waals surface area (Å²) in [5.74, 6) is 0. The summed E-state index contributed by atoms with van der Waals surface area (Å²) in [6.07, 6.45) is 2.64. The molecule has 2 N–H and O–H groups in total. The van der Waals surface area contributed by atoms with Gasteiger partial charge in [0.05, 0.1) is 0 Å². The van der Waals surface area contributed by atoms with Crippen molar-refractivity contribution in [3.63, 3.8) is 0 Å². The SMILES string of the molecule is CC(C)(C)CCCN1CCN(C(C)(C)CN)CC1. The van der Waals surface area contributed by atoms with Crippen LogP contribution in [0.3, 0.4) is 0 Å². The summed E-state index contributed by atoms with van der Waals surface area (Å²) in [6.45, 7) is 18.2. The lowest BCUT2D eigenvalue weighted by Crippen LogP contribution is -2.57. The maximum absolute atomic E-state index is 5.84. The average molecular weight is 255 g/mol. The van der Waals surface area contributed by atoms with E-state index in [0.29, 0.717) is 5.41 Å². The lowest BCUT2D eigenvalue weighted by atomic mass is 9.90. The monoisotopic (exact) mass is 255 g/mol. The Kier molecular flexibility index (Phi) is 5.63. The standard InChI is InChI=1S/C15H33N3/c1-14(2,3)7-6-8-17-9-11-18(12-10-17)15(4,5)13-16/h6-13,16H2,1-5H3. The second kappa shape index (κ2) is 6.36. The summed E-state index contributed by atoms with van der Waals surface area (Å²) >= 11 is 0. The van der Waals surface area contributed by atoms with Crippen LogP contribution in [0.1, 0.15) is 47.5 Å². The van der Waals surface area contributed by atoms with Crippen molar-refractivity contribution in [2.24, 2.45) is 11.1 Å². The van der Waals surface area contributed by atoms with E-state index in [1.165, 1.54) is 45.6 Å². The predicted octanol–water partition coefficient (Wildman–Crippen LogP) is 2.17. The van der Waals surface area contributed by atoms with Gasteiger partial charge in [0.25, 0.3) is 0 Å². The van der Waals surface area contributed by atoms with Crippen LogP contribution in [0.15, 0.2) is 0 Å². The predicted molar refractivity (Wildman–Crippen MR) is 79.8 cm³/mol. The lowest BCUT2D eigenvalue weighted by Gasteiger charge is -2.43. The molecule has 3 heteroatoms. The third-order valence-corrected chi connectivity index (χ3v) is 4.13. The van der Waals surface area contributed by atoms with Crippen molar-refractivity contribution in [3.8, 4) is 0 Å². The van der Waals surface area contributed by atoms with Gasteiger partial charge in [-0.1, -0.05) is 20.8 Å². The fourth-order valence-electron chi connectivity index (χ4n) is 2.54. The number of nitrogens with two attached hydrogens (primary N) is 1. The van der Waals surface area contributed by atoms with Crippen molar-refractivity contribution in [2.45, 2.75) is 53.0 Å². The molecule has 1 saturated heterocycles. The minimum absolute atomic E-state index is 0.164. The molecule has 1 aliphatic rings. The zero-order chi connectivity index (χ0) is 13.8. The molecule has 0 radical (unpaired) electrons. The summed E-state index contributed by atoms with van der Waals surface area (Å²) in [6, 6.07) is 0. The van der Waals surface area contributed by atoms with Crippen LogP contribution < -0.4 is 5.73 Å². The van der Waals surface area contributed by atoms with E-state index in [9.17, 15) is 0 Å². The molecule has 108 valence electrons.